The topological polar surface area (TPSA) is 86.9 Å². The summed E-state index contributed by atoms with van der Waals surface area (Å²) in [6, 6.07) is 5.56. The van der Waals surface area contributed by atoms with Gasteiger partial charge >= 0.3 is 5.97 Å². The van der Waals surface area contributed by atoms with E-state index in [9.17, 15) is 9.59 Å². The van der Waals surface area contributed by atoms with Crippen molar-refractivity contribution in [2.24, 2.45) is 0 Å². The van der Waals surface area contributed by atoms with Crippen molar-refractivity contribution >= 4 is 17.5 Å². The summed E-state index contributed by atoms with van der Waals surface area (Å²) in [5.41, 5.74) is 1.81. The second-order valence-electron chi connectivity index (χ2n) is 4.97. The average molecular weight is 290 g/mol. The van der Waals surface area contributed by atoms with Crippen LogP contribution in [0.5, 0.6) is 0 Å². The predicted molar refractivity (Wildman–Crippen MR) is 77.2 cm³/mol. The van der Waals surface area contributed by atoms with Crippen LogP contribution in [0.25, 0.3) is 5.65 Å². The number of aliphatic carboxylic acids is 1. The number of carbonyl (C=O) groups is 2. The summed E-state index contributed by atoms with van der Waals surface area (Å²) in [7, 11) is 3.82. The summed E-state index contributed by atoms with van der Waals surface area (Å²) in [5.74, 6) is -1.30. The molecule has 21 heavy (non-hydrogen) atoms. The van der Waals surface area contributed by atoms with Crippen molar-refractivity contribution in [3.8, 4) is 0 Å². The summed E-state index contributed by atoms with van der Waals surface area (Å²) < 4.78 is 1.87. The molecule has 112 valence electrons. The quantitative estimate of drug-likeness (QED) is 0.813. The molecule has 0 aliphatic rings. The molecule has 0 aromatic carbocycles. The van der Waals surface area contributed by atoms with Crippen molar-refractivity contribution in [1.82, 2.24) is 19.6 Å². The van der Waals surface area contributed by atoms with Gasteiger partial charge in [-0.1, -0.05) is 6.07 Å². The van der Waals surface area contributed by atoms with Crippen LogP contribution in [0.2, 0.25) is 0 Å². The molecular formula is C14H18N4O3. The first kappa shape index (κ1) is 15.0. The fourth-order valence-corrected chi connectivity index (χ4v) is 2.05. The largest absolute Gasteiger partial charge is 0.481 e. The van der Waals surface area contributed by atoms with Crippen LogP contribution in [0.3, 0.4) is 0 Å². The normalized spacial score (nSPS) is 11.0. The van der Waals surface area contributed by atoms with E-state index in [1.165, 1.54) is 0 Å². The molecule has 0 bridgehead atoms. The first-order valence-corrected chi connectivity index (χ1v) is 6.59. The Bertz CT molecular complexity index is 663. The lowest BCUT2D eigenvalue weighted by Crippen LogP contribution is -2.28. The molecule has 0 fully saturated rings. The molecule has 1 amide bonds. The molecule has 0 unspecified atom stereocenters. The van der Waals surface area contributed by atoms with Crippen molar-refractivity contribution in [3.05, 3.63) is 35.8 Å². The maximum Gasteiger partial charge on any atom is 0.305 e. The maximum absolute atomic E-state index is 12.2. The molecule has 0 atom stereocenters. The summed E-state index contributed by atoms with van der Waals surface area (Å²) >= 11 is 0. The van der Waals surface area contributed by atoms with E-state index in [4.69, 9.17) is 5.11 Å². The van der Waals surface area contributed by atoms with Crippen LogP contribution >= 0.6 is 0 Å². The van der Waals surface area contributed by atoms with E-state index in [1.54, 1.807) is 0 Å². The second-order valence-corrected chi connectivity index (χ2v) is 4.97. The van der Waals surface area contributed by atoms with Gasteiger partial charge in [0.15, 0.2) is 5.69 Å². The van der Waals surface area contributed by atoms with E-state index in [1.807, 2.05) is 47.8 Å². The molecule has 2 rings (SSSR count). The molecule has 0 spiro atoms. The van der Waals surface area contributed by atoms with E-state index >= 15 is 0 Å². The molecular weight excluding hydrogens is 272 g/mol. The molecule has 0 radical (unpaired) electrons. The minimum atomic E-state index is -0.946. The lowest BCUT2D eigenvalue weighted by molar-refractivity contribution is -0.136. The minimum absolute atomic E-state index is 0.0867. The lowest BCUT2D eigenvalue weighted by atomic mass is 10.3. The standard InChI is InChI=1S/C14H18N4O3/c1-17(2)9-10-13(14(21)15-7-6-12(19)20)16-11-5-3-4-8-18(10)11/h3-5,8H,6-7,9H2,1-2H3,(H,15,21)(H,19,20). The fraction of sp³-hybridized carbons (Fsp3) is 0.357. The maximum atomic E-state index is 12.2. The number of fused-ring (bicyclic) bond motifs is 1. The Labute approximate surface area is 122 Å². The Hall–Kier alpha value is -2.41. The fourth-order valence-electron chi connectivity index (χ4n) is 2.05. The third-order valence-corrected chi connectivity index (χ3v) is 2.93. The van der Waals surface area contributed by atoms with Crippen molar-refractivity contribution in [2.45, 2.75) is 13.0 Å². The van der Waals surface area contributed by atoms with Crippen LogP contribution in [0, 0.1) is 0 Å². The van der Waals surface area contributed by atoms with Gasteiger partial charge in [0.05, 0.1) is 12.1 Å². The number of carboxylic acids is 1. The summed E-state index contributed by atoms with van der Waals surface area (Å²) in [4.78, 5) is 29.0. The zero-order chi connectivity index (χ0) is 15.4. The first-order chi connectivity index (χ1) is 9.99. The van der Waals surface area contributed by atoms with Gasteiger partial charge in [-0.2, -0.15) is 0 Å². The van der Waals surface area contributed by atoms with Gasteiger partial charge in [0, 0.05) is 19.3 Å². The Morgan fingerprint density at radius 2 is 2.14 bits per heavy atom. The number of carboxylic acid groups (broad SMARTS) is 1. The second kappa shape index (κ2) is 6.36. The number of aromatic nitrogens is 2. The van der Waals surface area contributed by atoms with Crippen molar-refractivity contribution < 1.29 is 14.7 Å². The summed E-state index contributed by atoms with van der Waals surface area (Å²) in [6.07, 6.45) is 1.75. The van der Waals surface area contributed by atoms with E-state index in [-0.39, 0.29) is 18.9 Å². The number of amides is 1. The molecule has 0 saturated heterocycles. The summed E-state index contributed by atoms with van der Waals surface area (Å²) in [6.45, 7) is 0.649. The molecule has 0 saturated carbocycles. The predicted octanol–water partition coefficient (Wildman–Crippen LogP) is 0.600. The number of imidazole rings is 1. The molecule has 2 heterocycles. The highest BCUT2D eigenvalue weighted by Crippen LogP contribution is 2.14. The zero-order valence-electron chi connectivity index (χ0n) is 12.0. The molecule has 2 aromatic rings. The minimum Gasteiger partial charge on any atom is -0.481 e. The average Bonchev–Trinajstić information content (AvgIpc) is 2.77. The molecule has 0 aliphatic heterocycles. The third kappa shape index (κ3) is 3.57. The first-order valence-electron chi connectivity index (χ1n) is 6.59. The van der Waals surface area contributed by atoms with Crippen molar-refractivity contribution in [3.63, 3.8) is 0 Å². The van der Waals surface area contributed by atoms with Gasteiger partial charge < -0.3 is 19.7 Å². The third-order valence-electron chi connectivity index (χ3n) is 2.93. The van der Waals surface area contributed by atoms with Gasteiger partial charge in [-0.25, -0.2) is 4.98 Å². The lowest BCUT2D eigenvalue weighted by Gasteiger charge is -2.11. The Morgan fingerprint density at radius 3 is 2.81 bits per heavy atom. The number of hydrogen-bond donors (Lipinski definition) is 2. The van der Waals surface area contributed by atoms with Crippen LogP contribution < -0.4 is 5.32 Å². The van der Waals surface area contributed by atoms with Gasteiger partial charge in [0.25, 0.3) is 5.91 Å². The molecule has 0 aliphatic carbocycles. The molecule has 2 aromatic heterocycles. The van der Waals surface area contributed by atoms with Gasteiger partial charge in [-0.3, -0.25) is 9.59 Å². The van der Waals surface area contributed by atoms with Crippen molar-refractivity contribution in [2.75, 3.05) is 20.6 Å². The Balaban J connectivity index is 2.28. The van der Waals surface area contributed by atoms with Crippen LogP contribution in [0.15, 0.2) is 24.4 Å². The number of pyridine rings is 1. The number of nitrogens with one attached hydrogen (secondary N) is 1. The van der Waals surface area contributed by atoms with Gasteiger partial charge in [-0.15, -0.1) is 0 Å². The molecule has 2 N–H and O–H groups in total. The SMILES string of the molecule is CN(C)Cc1c(C(=O)NCCC(=O)O)nc2ccccn12. The zero-order valence-corrected chi connectivity index (χ0v) is 12.0. The van der Waals surface area contributed by atoms with Crippen molar-refractivity contribution in [1.29, 1.82) is 0 Å². The van der Waals surface area contributed by atoms with E-state index in [0.29, 0.717) is 17.9 Å². The van der Waals surface area contributed by atoms with E-state index in [2.05, 4.69) is 10.3 Å². The van der Waals surface area contributed by atoms with Gasteiger partial charge in [-0.05, 0) is 26.2 Å². The molecule has 7 heteroatoms. The van der Waals surface area contributed by atoms with E-state index in [0.717, 1.165) is 5.69 Å². The van der Waals surface area contributed by atoms with Crippen LogP contribution in [-0.2, 0) is 11.3 Å². The van der Waals surface area contributed by atoms with Crippen LogP contribution in [0.4, 0.5) is 0 Å². The van der Waals surface area contributed by atoms with E-state index < -0.39 is 5.97 Å². The number of hydrogen-bond acceptors (Lipinski definition) is 4. The monoisotopic (exact) mass is 290 g/mol. The Kier molecular flexibility index (Phi) is 4.54. The summed E-state index contributed by atoms with van der Waals surface area (Å²) in [5, 5.41) is 11.2. The highest BCUT2D eigenvalue weighted by atomic mass is 16.4. The van der Waals surface area contributed by atoms with Crippen LogP contribution in [-0.4, -0.2) is 51.9 Å². The smallest absolute Gasteiger partial charge is 0.305 e. The molecule has 7 nitrogen and oxygen atoms in total. The van der Waals surface area contributed by atoms with Gasteiger partial charge in [0.2, 0.25) is 0 Å². The van der Waals surface area contributed by atoms with Crippen LogP contribution in [0.1, 0.15) is 22.6 Å². The Morgan fingerprint density at radius 1 is 1.38 bits per heavy atom. The number of rotatable bonds is 6. The number of nitrogens with zero attached hydrogens (tertiary/aromatic N) is 3. The highest BCUT2D eigenvalue weighted by molar-refractivity contribution is 5.94. The highest BCUT2D eigenvalue weighted by Gasteiger charge is 2.19. The van der Waals surface area contributed by atoms with Gasteiger partial charge in [0.1, 0.15) is 5.65 Å². The number of carbonyl (C=O) groups excluding carboxylic acids is 1.